The van der Waals surface area contributed by atoms with Gasteiger partial charge in [0.15, 0.2) is 9.84 Å². The molecule has 0 bridgehead atoms. The van der Waals surface area contributed by atoms with Crippen LogP contribution in [0, 0.1) is 0 Å². The molecule has 0 unspecified atom stereocenters. The van der Waals surface area contributed by atoms with E-state index in [9.17, 15) is 13.2 Å². The van der Waals surface area contributed by atoms with Gasteiger partial charge >= 0.3 is 0 Å². The molecule has 0 aliphatic heterocycles. The van der Waals surface area contributed by atoms with Gasteiger partial charge in [-0.15, -0.1) is 0 Å². The summed E-state index contributed by atoms with van der Waals surface area (Å²) in [7, 11) is -3.26. The highest BCUT2D eigenvalue weighted by Crippen LogP contribution is 2.15. The maximum absolute atomic E-state index is 11.5. The van der Waals surface area contributed by atoms with E-state index >= 15 is 0 Å². The largest absolute Gasteiger partial charge is 0.351 e. The van der Waals surface area contributed by atoms with Crippen LogP contribution in [0.2, 0.25) is 0 Å². The first kappa shape index (κ1) is 15.7. The first-order valence-corrected chi connectivity index (χ1v) is 8.22. The predicted molar refractivity (Wildman–Crippen MR) is 76.7 cm³/mol. The number of nitrogens with one attached hydrogen (secondary N) is 1. The summed E-state index contributed by atoms with van der Waals surface area (Å²) in [5.74, 6) is -0.468. The van der Waals surface area contributed by atoms with Gasteiger partial charge in [-0.3, -0.25) is 4.79 Å². The number of carbonyl (C=O) groups is 1. The van der Waals surface area contributed by atoms with Crippen LogP contribution >= 0.6 is 0 Å². The van der Waals surface area contributed by atoms with Gasteiger partial charge in [0.2, 0.25) is 5.91 Å². The van der Waals surface area contributed by atoms with Crippen molar-refractivity contribution in [2.75, 3.05) is 11.5 Å². The monoisotopic (exact) mass is 283 g/mol. The number of carbonyl (C=O) groups excluding carboxylic acids is 1. The normalized spacial score (nSPS) is 11.6. The van der Waals surface area contributed by atoms with Crippen molar-refractivity contribution in [3.63, 3.8) is 0 Å². The molecule has 0 radical (unpaired) electrons. The van der Waals surface area contributed by atoms with Crippen molar-refractivity contribution >= 4 is 15.7 Å². The maximum Gasteiger partial charge on any atom is 0.235 e. The van der Waals surface area contributed by atoms with Gasteiger partial charge in [0.25, 0.3) is 0 Å². The molecule has 0 aromatic heterocycles. The van der Waals surface area contributed by atoms with Gasteiger partial charge in [0.05, 0.1) is 0 Å². The van der Waals surface area contributed by atoms with E-state index in [4.69, 9.17) is 0 Å². The number of rotatable bonds is 6. The first-order valence-electron chi connectivity index (χ1n) is 6.40. The zero-order valence-corrected chi connectivity index (χ0v) is 12.5. The summed E-state index contributed by atoms with van der Waals surface area (Å²) in [5.41, 5.74) is 2.18. The van der Waals surface area contributed by atoms with Gasteiger partial charge in [-0.2, -0.15) is 0 Å². The molecule has 1 rings (SSSR count). The average molecular weight is 283 g/mol. The van der Waals surface area contributed by atoms with Crippen molar-refractivity contribution in [1.29, 1.82) is 0 Å². The van der Waals surface area contributed by atoms with E-state index in [0.29, 0.717) is 12.5 Å². The second kappa shape index (κ2) is 6.70. The fourth-order valence-corrected chi connectivity index (χ4v) is 2.32. The third-order valence-electron chi connectivity index (χ3n) is 2.90. The minimum atomic E-state index is -3.26. The topological polar surface area (TPSA) is 63.2 Å². The Morgan fingerprint density at radius 3 is 2.58 bits per heavy atom. The molecule has 4 nitrogen and oxygen atoms in total. The van der Waals surface area contributed by atoms with E-state index in [1.165, 1.54) is 12.5 Å². The second-order valence-corrected chi connectivity index (χ2v) is 7.21. The molecule has 5 heteroatoms. The van der Waals surface area contributed by atoms with Crippen molar-refractivity contribution in [1.82, 2.24) is 5.32 Å². The SMILES string of the molecule is CCS(=O)(=O)CC(=O)NCc1cccc(C(C)C)c1. The molecular formula is C14H21NO3S. The van der Waals surface area contributed by atoms with Crippen LogP contribution in [-0.4, -0.2) is 25.8 Å². The summed E-state index contributed by atoms with van der Waals surface area (Å²) in [6.07, 6.45) is 0. The highest BCUT2D eigenvalue weighted by Gasteiger charge is 2.13. The number of hydrogen-bond acceptors (Lipinski definition) is 3. The Balaban J connectivity index is 2.58. The summed E-state index contributed by atoms with van der Waals surface area (Å²) < 4.78 is 22.6. The molecule has 0 heterocycles. The summed E-state index contributed by atoms with van der Waals surface area (Å²) >= 11 is 0. The van der Waals surface area contributed by atoms with Crippen LogP contribution in [0.5, 0.6) is 0 Å². The Hall–Kier alpha value is -1.36. The molecule has 0 saturated heterocycles. The molecule has 1 N–H and O–H groups in total. The quantitative estimate of drug-likeness (QED) is 0.866. The summed E-state index contributed by atoms with van der Waals surface area (Å²) in [6.45, 7) is 6.10. The Kier molecular flexibility index (Phi) is 5.54. The van der Waals surface area contributed by atoms with Crippen LogP contribution in [0.15, 0.2) is 24.3 Å². The summed E-state index contributed by atoms with van der Waals surface area (Å²) in [6, 6.07) is 7.93. The molecule has 0 saturated carbocycles. The number of hydrogen-bond donors (Lipinski definition) is 1. The fraction of sp³-hybridized carbons (Fsp3) is 0.500. The standard InChI is InChI=1S/C14H21NO3S/c1-4-19(17,18)10-14(16)15-9-12-6-5-7-13(8-12)11(2)3/h5-8,11H,4,9-10H2,1-3H3,(H,15,16). The number of amides is 1. The molecule has 0 spiro atoms. The Bertz CT molecular complexity index is 535. The van der Waals surface area contributed by atoms with E-state index in [1.54, 1.807) is 0 Å². The molecule has 0 aliphatic rings. The average Bonchev–Trinajstić information content (AvgIpc) is 2.36. The van der Waals surface area contributed by atoms with Crippen molar-refractivity contribution < 1.29 is 13.2 Å². The zero-order chi connectivity index (χ0) is 14.5. The summed E-state index contributed by atoms with van der Waals surface area (Å²) in [4.78, 5) is 11.5. The third kappa shape index (κ3) is 5.42. The third-order valence-corrected chi connectivity index (χ3v) is 4.48. The lowest BCUT2D eigenvalue weighted by molar-refractivity contribution is -0.118. The molecule has 19 heavy (non-hydrogen) atoms. The minimum absolute atomic E-state index is 0.0107. The molecule has 0 atom stereocenters. The van der Waals surface area contributed by atoms with Crippen LogP contribution < -0.4 is 5.32 Å². The molecule has 0 fully saturated rings. The smallest absolute Gasteiger partial charge is 0.235 e. The van der Waals surface area contributed by atoms with E-state index in [-0.39, 0.29) is 5.75 Å². The minimum Gasteiger partial charge on any atom is -0.351 e. The fourth-order valence-electron chi connectivity index (χ4n) is 1.62. The van der Waals surface area contributed by atoms with Crippen LogP contribution in [0.3, 0.4) is 0 Å². The molecule has 1 aromatic carbocycles. The van der Waals surface area contributed by atoms with Gasteiger partial charge in [0, 0.05) is 12.3 Å². The second-order valence-electron chi connectivity index (χ2n) is 4.85. The maximum atomic E-state index is 11.5. The van der Waals surface area contributed by atoms with E-state index in [0.717, 1.165) is 5.56 Å². The van der Waals surface area contributed by atoms with Crippen molar-refractivity contribution in [2.45, 2.75) is 33.2 Å². The lowest BCUT2D eigenvalue weighted by atomic mass is 10.0. The Labute approximate surface area is 115 Å². The van der Waals surface area contributed by atoms with E-state index in [2.05, 4.69) is 19.2 Å². The Morgan fingerprint density at radius 2 is 2.00 bits per heavy atom. The van der Waals surface area contributed by atoms with Gasteiger partial charge in [0.1, 0.15) is 5.75 Å². The molecule has 1 aromatic rings. The van der Waals surface area contributed by atoms with Crippen LogP contribution in [0.1, 0.15) is 37.8 Å². The van der Waals surface area contributed by atoms with E-state index < -0.39 is 21.5 Å². The Morgan fingerprint density at radius 1 is 1.32 bits per heavy atom. The first-order chi connectivity index (χ1) is 8.84. The van der Waals surface area contributed by atoms with Crippen molar-refractivity contribution in [3.8, 4) is 0 Å². The summed E-state index contributed by atoms with van der Waals surface area (Å²) in [5, 5.41) is 2.64. The number of sulfone groups is 1. The van der Waals surface area contributed by atoms with Crippen LogP contribution in [0.25, 0.3) is 0 Å². The van der Waals surface area contributed by atoms with Crippen LogP contribution in [0.4, 0.5) is 0 Å². The molecular weight excluding hydrogens is 262 g/mol. The highest BCUT2D eigenvalue weighted by atomic mass is 32.2. The van der Waals surface area contributed by atoms with Gasteiger partial charge < -0.3 is 5.32 Å². The van der Waals surface area contributed by atoms with Gasteiger partial charge in [-0.25, -0.2) is 8.42 Å². The van der Waals surface area contributed by atoms with Crippen LogP contribution in [-0.2, 0) is 21.2 Å². The lowest BCUT2D eigenvalue weighted by Crippen LogP contribution is -2.30. The predicted octanol–water partition coefficient (Wildman–Crippen LogP) is 1.86. The molecule has 106 valence electrons. The number of benzene rings is 1. The van der Waals surface area contributed by atoms with Crippen molar-refractivity contribution in [3.05, 3.63) is 35.4 Å². The molecule has 1 amide bonds. The van der Waals surface area contributed by atoms with E-state index in [1.807, 2.05) is 24.3 Å². The molecule has 0 aliphatic carbocycles. The lowest BCUT2D eigenvalue weighted by Gasteiger charge is -2.09. The van der Waals surface area contributed by atoms with Crippen molar-refractivity contribution in [2.24, 2.45) is 0 Å². The van der Waals surface area contributed by atoms with Gasteiger partial charge in [-0.05, 0) is 17.0 Å². The zero-order valence-electron chi connectivity index (χ0n) is 11.6. The van der Waals surface area contributed by atoms with Gasteiger partial charge in [-0.1, -0.05) is 45.0 Å². The highest BCUT2D eigenvalue weighted by molar-refractivity contribution is 7.92.